The number of hydrogen-bond donors (Lipinski definition) is 0. The maximum absolute atomic E-state index is 12.5. The Balaban J connectivity index is 1.67. The lowest BCUT2D eigenvalue weighted by Gasteiger charge is -2.40. The molecule has 1 saturated carbocycles. The van der Waals surface area contributed by atoms with Gasteiger partial charge in [0.05, 0.1) is 18.1 Å². The number of carbonyl (C=O) groups is 2. The topological polar surface area (TPSA) is 82.8 Å². The van der Waals surface area contributed by atoms with Crippen LogP contribution in [0.3, 0.4) is 0 Å². The minimum absolute atomic E-state index is 0.145. The van der Waals surface area contributed by atoms with Gasteiger partial charge in [-0.05, 0) is 25.3 Å². The van der Waals surface area contributed by atoms with Crippen molar-refractivity contribution in [2.24, 2.45) is 17.8 Å². The number of carbonyl (C=O) groups excluding carboxylic acids is 2. The summed E-state index contributed by atoms with van der Waals surface area (Å²) in [5.41, 5.74) is -0.986. The molecule has 0 N–H and O–H groups in total. The predicted molar refractivity (Wildman–Crippen MR) is 92.0 cm³/mol. The summed E-state index contributed by atoms with van der Waals surface area (Å²) < 4.78 is 17.1. The first-order valence-electron chi connectivity index (χ1n) is 9.00. The summed E-state index contributed by atoms with van der Waals surface area (Å²) in [4.78, 5) is 37.0. The Morgan fingerprint density at radius 1 is 1.31 bits per heavy atom. The fourth-order valence-corrected chi connectivity index (χ4v) is 4.43. The number of ketones is 2. The second-order valence-electron chi connectivity index (χ2n) is 7.79. The van der Waals surface area contributed by atoms with Gasteiger partial charge in [0, 0.05) is 23.8 Å². The van der Waals surface area contributed by atoms with Crippen molar-refractivity contribution in [1.82, 2.24) is 0 Å². The number of hydrogen-bond acceptors (Lipinski definition) is 6. The average molecular weight is 358 g/mol. The van der Waals surface area contributed by atoms with Crippen LogP contribution >= 0.6 is 0 Å². The Labute approximate surface area is 151 Å². The zero-order valence-corrected chi connectivity index (χ0v) is 15.1. The number of rotatable bonds is 3. The normalized spacial score (nSPS) is 35.3. The smallest absolute Gasteiger partial charge is 0.343 e. The molecule has 0 amide bonds. The fraction of sp³-hybridized carbons (Fsp3) is 0.550. The monoisotopic (exact) mass is 358 g/mol. The van der Waals surface area contributed by atoms with E-state index in [9.17, 15) is 14.4 Å². The molecule has 138 valence electrons. The maximum atomic E-state index is 12.5. The van der Waals surface area contributed by atoms with Crippen LogP contribution in [0.5, 0.6) is 5.75 Å². The Morgan fingerprint density at radius 3 is 2.77 bits per heavy atom. The highest BCUT2D eigenvalue weighted by Crippen LogP contribution is 2.48. The van der Waals surface area contributed by atoms with Crippen molar-refractivity contribution in [3.05, 3.63) is 40.0 Å². The molecule has 0 aromatic carbocycles. The zero-order chi connectivity index (χ0) is 18.6. The first-order valence-corrected chi connectivity index (χ1v) is 9.00. The van der Waals surface area contributed by atoms with E-state index < -0.39 is 23.2 Å². The van der Waals surface area contributed by atoms with Crippen molar-refractivity contribution in [2.45, 2.75) is 45.3 Å². The molecule has 1 aromatic heterocycles. The van der Waals surface area contributed by atoms with Crippen LogP contribution in [0, 0.1) is 24.7 Å². The van der Waals surface area contributed by atoms with Gasteiger partial charge >= 0.3 is 5.63 Å². The van der Waals surface area contributed by atoms with E-state index in [0.717, 1.165) is 6.42 Å². The molecule has 0 radical (unpaired) electrons. The van der Waals surface area contributed by atoms with Crippen LogP contribution in [0.2, 0.25) is 0 Å². The second kappa shape index (κ2) is 5.91. The molecule has 5 atom stereocenters. The number of Topliss-reactive ketones (excluding diaryl/α,β-unsaturated/α-hetero) is 1. The summed E-state index contributed by atoms with van der Waals surface area (Å²) in [5, 5.41) is 0. The highest BCUT2D eigenvalue weighted by atomic mass is 16.7. The van der Waals surface area contributed by atoms with Gasteiger partial charge in [-0.2, -0.15) is 0 Å². The van der Waals surface area contributed by atoms with Gasteiger partial charge in [-0.3, -0.25) is 9.59 Å². The van der Waals surface area contributed by atoms with Crippen LogP contribution in [-0.4, -0.2) is 24.5 Å². The maximum Gasteiger partial charge on any atom is 0.343 e. The van der Waals surface area contributed by atoms with Gasteiger partial charge in [-0.15, -0.1) is 0 Å². The zero-order valence-electron chi connectivity index (χ0n) is 15.1. The van der Waals surface area contributed by atoms with E-state index in [1.807, 2.05) is 13.8 Å². The molecule has 2 aliphatic carbocycles. The third-order valence-electron chi connectivity index (χ3n) is 6.03. The van der Waals surface area contributed by atoms with E-state index in [1.165, 1.54) is 6.08 Å². The van der Waals surface area contributed by atoms with Gasteiger partial charge in [0.2, 0.25) is 6.29 Å². The largest absolute Gasteiger partial charge is 0.463 e. The lowest BCUT2D eigenvalue weighted by molar-refractivity contribution is -0.160. The van der Waals surface area contributed by atoms with E-state index >= 15 is 0 Å². The minimum Gasteiger partial charge on any atom is -0.463 e. The molecule has 0 saturated heterocycles. The van der Waals surface area contributed by atoms with Crippen LogP contribution < -0.4 is 10.4 Å². The molecule has 0 unspecified atom stereocenters. The van der Waals surface area contributed by atoms with Crippen molar-refractivity contribution in [3.8, 4) is 5.75 Å². The van der Waals surface area contributed by atoms with Crippen molar-refractivity contribution in [3.63, 3.8) is 0 Å². The van der Waals surface area contributed by atoms with Crippen LogP contribution in [0.1, 0.15) is 38.0 Å². The molecule has 1 fully saturated rings. The van der Waals surface area contributed by atoms with Gasteiger partial charge in [0.1, 0.15) is 17.3 Å². The van der Waals surface area contributed by atoms with E-state index in [1.54, 1.807) is 19.1 Å². The number of aryl methyl sites for hydroxylation is 1. The van der Waals surface area contributed by atoms with Crippen molar-refractivity contribution < 1.29 is 23.5 Å². The molecule has 0 spiro atoms. The lowest BCUT2D eigenvalue weighted by atomic mass is 9.72. The van der Waals surface area contributed by atoms with Crippen LogP contribution in [0.4, 0.5) is 0 Å². The fourth-order valence-electron chi connectivity index (χ4n) is 4.43. The average Bonchev–Trinajstić information content (AvgIpc) is 3.04. The molecule has 6 heteroatoms. The summed E-state index contributed by atoms with van der Waals surface area (Å²) in [7, 11) is 0. The third kappa shape index (κ3) is 2.47. The molecular weight excluding hydrogens is 336 g/mol. The first kappa shape index (κ1) is 17.2. The number of allylic oxidation sites excluding steroid dienone is 2. The van der Waals surface area contributed by atoms with Crippen molar-refractivity contribution >= 4 is 11.6 Å². The van der Waals surface area contributed by atoms with E-state index in [0.29, 0.717) is 23.5 Å². The highest BCUT2D eigenvalue weighted by molar-refractivity contribution is 5.97. The summed E-state index contributed by atoms with van der Waals surface area (Å²) >= 11 is 0. The van der Waals surface area contributed by atoms with Crippen LogP contribution in [0.25, 0.3) is 0 Å². The summed E-state index contributed by atoms with van der Waals surface area (Å²) in [6.07, 6.45) is 3.81. The molecule has 3 aliphatic rings. The van der Waals surface area contributed by atoms with E-state index in [4.69, 9.17) is 13.9 Å². The molecule has 1 aromatic rings. The minimum atomic E-state index is -0.838. The summed E-state index contributed by atoms with van der Waals surface area (Å²) in [5.74, 6) is 0.301. The van der Waals surface area contributed by atoms with Crippen LogP contribution in [-0.2, 0) is 19.7 Å². The molecule has 2 heterocycles. The molecule has 6 nitrogen and oxygen atoms in total. The highest BCUT2D eigenvalue weighted by Gasteiger charge is 2.54. The summed E-state index contributed by atoms with van der Waals surface area (Å²) in [6, 6.07) is 1.65. The predicted octanol–water partition coefficient (Wildman–Crippen LogP) is 2.31. The van der Waals surface area contributed by atoms with Gasteiger partial charge in [-0.25, -0.2) is 4.79 Å². The first-order chi connectivity index (χ1) is 12.3. The SMILES string of the molecule is Cc1cc2c(c(=O)o1)[C@@]1(C)C=CC(=O)[C@H]1[C@@H](OC[C@H]1C(=O)CC[C@@H]1C)O2. The standard InChI is InChI=1S/C20H22O6/c1-10-4-5-13(21)12(10)9-24-19-16-14(22)6-7-20(16,3)17-15(26-19)8-11(2)25-18(17)23/h6-8,10,12,16,19H,4-5,9H2,1-3H3/t10-,12+,16-,19-,20-/m0/s1. The molecule has 1 aliphatic heterocycles. The van der Waals surface area contributed by atoms with Gasteiger partial charge in [-0.1, -0.05) is 19.9 Å². The van der Waals surface area contributed by atoms with E-state index in [2.05, 4.69) is 0 Å². The third-order valence-corrected chi connectivity index (χ3v) is 6.03. The Morgan fingerprint density at radius 2 is 2.08 bits per heavy atom. The second-order valence-corrected chi connectivity index (χ2v) is 7.79. The van der Waals surface area contributed by atoms with Gasteiger partial charge < -0.3 is 13.9 Å². The Bertz CT molecular complexity index is 866. The number of fused-ring (bicyclic) bond motifs is 3. The molecule has 4 rings (SSSR count). The Hall–Kier alpha value is -2.21. The molecule has 26 heavy (non-hydrogen) atoms. The lowest BCUT2D eigenvalue weighted by Crippen LogP contribution is -2.50. The molecule has 0 bridgehead atoms. The van der Waals surface area contributed by atoms with Crippen LogP contribution in [0.15, 0.2) is 27.4 Å². The van der Waals surface area contributed by atoms with Crippen molar-refractivity contribution in [1.29, 1.82) is 0 Å². The van der Waals surface area contributed by atoms with Gasteiger partial charge in [0.15, 0.2) is 5.78 Å². The van der Waals surface area contributed by atoms with Gasteiger partial charge in [0.25, 0.3) is 0 Å². The van der Waals surface area contributed by atoms with Crippen molar-refractivity contribution in [2.75, 3.05) is 6.61 Å². The Kier molecular flexibility index (Phi) is 3.91. The summed E-state index contributed by atoms with van der Waals surface area (Å²) in [6.45, 7) is 5.76. The van der Waals surface area contributed by atoms with E-state index in [-0.39, 0.29) is 30.0 Å². The number of ether oxygens (including phenoxy) is 2. The quantitative estimate of drug-likeness (QED) is 0.825. The molecular formula is C20H22O6.